The number of hydrogen-bond acceptors (Lipinski definition) is 4. The Hall–Kier alpha value is -2.67. The van der Waals surface area contributed by atoms with Crippen LogP contribution in [-0.2, 0) is 4.74 Å². The molecule has 82 valence electrons. The smallest absolute Gasteiger partial charge is 0.367 e. The number of hydrogen-bond donors (Lipinski definition) is 0. The van der Waals surface area contributed by atoms with Crippen LogP contribution >= 0.6 is 0 Å². The molecular weight excluding hydrogens is 216 g/mol. The molecule has 0 radical (unpaired) electrons. The number of aromatic nitrogens is 2. The number of rotatable bonds is 1. The second kappa shape index (κ2) is 5.42. The summed E-state index contributed by atoms with van der Waals surface area (Å²) in [4.78, 5) is 19.2. The van der Waals surface area contributed by atoms with Gasteiger partial charge in [0, 0.05) is 12.4 Å². The number of ether oxygens (including phenoxy) is 1. The van der Waals surface area contributed by atoms with Crippen molar-refractivity contribution in [3.05, 3.63) is 60.2 Å². The van der Waals surface area contributed by atoms with Crippen LogP contribution in [0.3, 0.4) is 0 Å². The van der Waals surface area contributed by atoms with E-state index in [0.717, 1.165) is 0 Å². The van der Waals surface area contributed by atoms with E-state index in [4.69, 9.17) is 4.74 Å². The number of pyridine rings is 2. The maximum atomic E-state index is 11.4. The van der Waals surface area contributed by atoms with Crippen LogP contribution in [0.25, 0.3) is 0 Å². The van der Waals surface area contributed by atoms with Crippen molar-refractivity contribution in [2.45, 2.75) is 0 Å². The minimum atomic E-state index is -0.575. The summed E-state index contributed by atoms with van der Waals surface area (Å²) in [5, 5.41) is 0. The molecule has 0 atom stereocenters. The highest BCUT2D eigenvalue weighted by atomic mass is 16.5. The Kier molecular flexibility index (Phi) is 3.46. The van der Waals surface area contributed by atoms with Crippen LogP contribution in [0.1, 0.15) is 16.2 Å². The van der Waals surface area contributed by atoms with Crippen molar-refractivity contribution >= 4 is 5.97 Å². The molecule has 0 aliphatic carbocycles. The quantitative estimate of drug-likeness (QED) is 0.546. The largest absolute Gasteiger partial charge is 0.370 e. The van der Waals surface area contributed by atoms with Gasteiger partial charge in [-0.25, -0.2) is 14.8 Å². The molecule has 2 aromatic heterocycles. The summed E-state index contributed by atoms with van der Waals surface area (Å²) >= 11 is 0. The van der Waals surface area contributed by atoms with E-state index >= 15 is 0 Å². The zero-order chi connectivity index (χ0) is 11.9. The summed E-state index contributed by atoms with van der Waals surface area (Å²) in [6.07, 6.45) is 5.43. The van der Waals surface area contributed by atoms with E-state index in [2.05, 4.69) is 22.0 Å². The molecule has 0 spiro atoms. The highest BCUT2D eigenvalue weighted by Crippen LogP contribution is 1.96. The van der Waals surface area contributed by atoms with E-state index in [-0.39, 0.29) is 5.69 Å². The molecule has 0 unspecified atom stereocenters. The third-order valence-corrected chi connectivity index (χ3v) is 1.86. The molecule has 0 fully saturated rings. The highest BCUT2D eigenvalue weighted by molar-refractivity contribution is 5.87. The molecule has 0 aliphatic heterocycles. The van der Waals surface area contributed by atoms with Gasteiger partial charge in [0.2, 0.25) is 0 Å². The van der Waals surface area contributed by atoms with Gasteiger partial charge < -0.3 is 4.74 Å². The Labute approximate surface area is 98.3 Å². The maximum Gasteiger partial charge on any atom is 0.370 e. The topological polar surface area (TPSA) is 52.1 Å². The molecule has 4 nitrogen and oxygen atoms in total. The Morgan fingerprint density at radius 1 is 1.06 bits per heavy atom. The van der Waals surface area contributed by atoms with Crippen LogP contribution in [0.5, 0.6) is 0 Å². The van der Waals surface area contributed by atoms with E-state index in [1.54, 1.807) is 42.6 Å². The molecule has 0 saturated heterocycles. The normalized spacial score (nSPS) is 8.94. The van der Waals surface area contributed by atoms with Crippen molar-refractivity contribution < 1.29 is 9.53 Å². The molecule has 0 aliphatic rings. The molecule has 0 amide bonds. The van der Waals surface area contributed by atoms with Crippen LogP contribution in [0.15, 0.2) is 48.8 Å². The highest BCUT2D eigenvalue weighted by Gasteiger charge is 2.05. The SMILES string of the molecule is O=C(OC#Cc1ccccn1)c1ccccn1. The second-order valence-corrected chi connectivity index (χ2v) is 3.05. The lowest BCUT2D eigenvalue weighted by atomic mass is 10.3. The first-order valence-electron chi connectivity index (χ1n) is 4.90. The van der Waals surface area contributed by atoms with Gasteiger partial charge in [0.15, 0.2) is 0 Å². The lowest BCUT2D eigenvalue weighted by molar-refractivity contribution is 0.0684. The van der Waals surface area contributed by atoms with Crippen LogP contribution in [-0.4, -0.2) is 15.9 Å². The van der Waals surface area contributed by atoms with Gasteiger partial charge in [0.1, 0.15) is 17.5 Å². The Bertz CT molecular complexity index is 556. The molecule has 2 aromatic rings. The number of esters is 1. The fourth-order valence-corrected chi connectivity index (χ4v) is 1.10. The van der Waals surface area contributed by atoms with E-state index in [9.17, 15) is 4.79 Å². The summed E-state index contributed by atoms with van der Waals surface area (Å²) in [5.41, 5.74) is 0.768. The van der Waals surface area contributed by atoms with Gasteiger partial charge in [-0.2, -0.15) is 0 Å². The van der Waals surface area contributed by atoms with Gasteiger partial charge in [0.25, 0.3) is 0 Å². The average molecular weight is 224 g/mol. The van der Waals surface area contributed by atoms with Gasteiger partial charge in [0.05, 0.1) is 0 Å². The molecule has 0 bridgehead atoms. The van der Waals surface area contributed by atoms with Crippen LogP contribution in [0.2, 0.25) is 0 Å². The molecule has 0 N–H and O–H groups in total. The summed E-state index contributed by atoms with van der Waals surface area (Å²) in [7, 11) is 0. The number of carbonyl (C=O) groups is 1. The fourth-order valence-electron chi connectivity index (χ4n) is 1.10. The molecular formula is C13H8N2O2. The number of nitrogens with zero attached hydrogens (tertiary/aromatic N) is 2. The van der Waals surface area contributed by atoms with Gasteiger partial charge in [-0.05, 0) is 30.2 Å². The third kappa shape index (κ3) is 3.14. The van der Waals surface area contributed by atoms with Crippen molar-refractivity contribution in [2.24, 2.45) is 0 Å². The van der Waals surface area contributed by atoms with E-state index in [1.165, 1.54) is 6.20 Å². The first-order chi connectivity index (χ1) is 8.36. The lowest BCUT2D eigenvalue weighted by Gasteiger charge is -1.93. The minimum absolute atomic E-state index is 0.225. The minimum Gasteiger partial charge on any atom is -0.367 e. The third-order valence-electron chi connectivity index (χ3n) is 1.86. The number of carbonyl (C=O) groups excluding carboxylic acids is 1. The standard InChI is InChI=1S/C13H8N2O2/c16-13(12-6-2-4-9-15-12)17-10-7-11-5-1-3-8-14-11/h1-6,8-9H. The molecule has 2 rings (SSSR count). The summed E-state index contributed by atoms with van der Waals surface area (Å²) in [5.74, 6) is 2.04. The second-order valence-electron chi connectivity index (χ2n) is 3.05. The molecule has 0 aromatic carbocycles. The lowest BCUT2D eigenvalue weighted by Crippen LogP contribution is -2.02. The first-order valence-corrected chi connectivity index (χ1v) is 4.90. The van der Waals surface area contributed by atoms with E-state index in [0.29, 0.717) is 5.69 Å². The van der Waals surface area contributed by atoms with Crippen LogP contribution in [0, 0.1) is 12.0 Å². The van der Waals surface area contributed by atoms with Crippen molar-refractivity contribution in [1.29, 1.82) is 0 Å². The zero-order valence-corrected chi connectivity index (χ0v) is 8.83. The van der Waals surface area contributed by atoms with Crippen LogP contribution < -0.4 is 0 Å². The van der Waals surface area contributed by atoms with Crippen molar-refractivity contribution in [3.63, 3.8) is 0 Å². The average Bonchev–Trinajstić information content (AvgIpc) is 2.41. The Morgan fingerprint density at radius 2 is 1.82 bits per heavy atom. The first kappa shape index (κ1) is 10.8. The van der Waals surface area contributed by atoms with Gasteiger partial charge in [-0.3, -0.25) is 0 Å². The summed E-state index contributed by atoms with van der Waals surface area (Å²) in [6, 6.07) is 10.3. The predicted octanol–water partition coefficient (Wildman–Crippen LogP) is 1.64. The molecule has 0 saturated carbocycles. The Balaban J connectivity index is 2.00. The fraction of sp³-hybridized carbons (Fsp3) is 0. The predicted molar refractivity (Wildman–Crippen MR) is 60.8 cm³/mol. The van der Waals surface area contributed by atoms with Gasteiger partial charge >= 0.3 is 5.97 Å². The maximum absolute atomic E-state index is 11.4. The summed E-state index contributed by atoms with van der Waals surface area (Å²) < 4.78 is 4.73. The Morgan fingerprint density at radius 3 is 2.47 bits per heavy atom. The van der Waals surface area contributed by atoms with Gasteiger partial charge in [-0.1, -0.05) is 12.1 Å². The van der Waals surface area contributed by atoms with E-state index < -0.39 is 5.97 Å². The molecule has 4 heteroatoms. The van der Waals surface area contributed by atoms with Crippen molar-refractivity contribution in [2.75, 3.05) is 0 Å². The van der Waals surface area contributed by atoms with Crippen molar-refractivity contribution in [1.82, 2.24) is 9.97 Å². The van der Waals surface area contributed by atoms with Crippen molar-refractivity contribution in [3.8, 4) is 12.0 Å². The monoisotopic (exact) mass is 224 g/mol. The zero-order valence-electron chi connectivity index (χ0n) is 8.83. The van der Waals surface area contributed by atoms with E-state index in [1.807, 2.05) is 0 Å². The van der Waals surface area contributed by atoms with Crippen LogP contribution in [0.4, 0.5) is 0 Å². The molecule has 17 heavy (non-hydrogen) atoms. The summed E-state index contributed by atoms with van der Waals surface area (Å²) in [6.45, 7) is 0. The van der Waals surface area contributed by atoms with Gasteiger partial charge in [-0.15, -0.1) is 0 Å². The molecule has 2 heterocycles.